The Morgan fingerprint density at radius 2 is 1.52 bits per heavy atom. The van der Waals surface area contributed by atoms with Gasteiger partial charge in [0.15, 0.2) is 0 Å². The van der Waals surface area contributed by atoms with Gasteiger partial charge in [-0.25, -0.2) is 4.79 Å². The third-order valence-electron chi connectivity index (χ3n) is 4.40. The minimum atomic E-state index is -0.852. The summed E-state index contributed by atoms with van der Waals surface area (Å²) in [5.74, 6) is -0.852. The third-order valence-corrected chi connectivity index (χ3v) is 4.40. The van der Waals surface area contributed by atoms with Gasteiger partial charge >= 0.3 is 5.97 Å². The van der Waals surface area contributed by atoms with Gasteiger partial charge in [0.25, 0.3) is 11.4 Å². The maximum Gasteiger partial charge on any atom is 0.339 e. The van der Waals surface area contributed by atoms with Crippen molar-refractivity contribution >= 4 is 17.3 Å². The lowest BCUT2D eigenvalue weighted by Gasteiger charge is -2.23. The Morgan fingerprint density at radius 3 is 2.07 bits per heavy atom. The van der Waals surface area contributed by atoms with E-state index in [9.17, 15) is 25.0 Å². The van der Waals surface area contributed by atoms with Gasteiger partial charge in [0.1, 0.15) is 6.10 Å². The van der Waals surface area contributed by atoms with Gasteiger partial charge in [0.05, 0.1) is 34.2 Å². The van der Waals surface area contributed by atoms with Gasteiger partial charge in [-0.15, -0.1) is 0 Å². The second kappa shape index (κ2) is 9.07. The molecule has 0 bridgehead atoms. The molecule has 0 unspecified atom stereocenters. The molecule has 1 aliphatic carbocycles. The van der Waals surface area contributed by atoms with Crippen LogP contribution in [0.25, 0.3) is 0 Å². The lowest BCUT2D eigenvalue weighted by molar-refractivity contribution is -0.394. The molecule has 2 atom stereocenters. The molecule has 2 aromatic carbocycles. The molecule has 0 N–H and O–H groups in total. The fourth-order valence-corrected chi connectivity index (χ4v) is 2.91. The minimum Gasteiger partial charge on any atom is -0.455 e. The number of rotatable bonds is 7. The van der Waals surface area contributed by atoms with Crippen molar-refractivity contribution in [3.63, 3.8) is 0 Å². The Morgan fingerprint density at radius 1 is 0.931 bits per heavy atom. The first kappa shape index (κ1) is 20.2. The smallest absolute Gasteiger partial charge is 0.339 e. The predicted molar refractivity (Wildman–Crippen MR) is 102 cm³/mol. The highest BCUT2D eigenvalue weighted by Crippen LogP contribution is 2.25. The Balaban J connectivity index is 1.60. The molecule has 3 rings (SSSR count). The lowest BCUT2D eigenvalue weighted by Crippen LogP contribution is -2.24. The zero-order chi connectivity index (χ0) is 20.8. The number of carbonyl (C=O) groups excluding carboxylic acids is 1. The fourth-order valence-electron chi connectivity index (χ4n) is 2.91. The van der Waals surface area contributed by atoms with Crippen LogP contribution in [0.15, 0.2) is 60.7 Å². The average Bonchev–Trinajstić information content (AvgIpc) is 2.73. The number of nitro benzene ring substituents is 2. The monoisotopic (exact) mass is 398 g/mol. The molecule has 29 heavy (non-hydrogen) atoms. The lowest BCUT2D eigenvalue weighted by atomic mass is 10.0. The van der Waals surface area contributed by atoms with E-state index in [1.54, 1.807) is 12.2 Å². The minimum absolute atomic E-state index is 0.107. The fraction of sp³-hybridized carbons (Fsp3) is 0.250. The van der Waals surface area contributed by atoms with E-state index in [0.717, 1.165) is 23.8 Å². The number of hydrogen-bond donors (Lipinski definition) is 0. The molecule has 0 fully saturated rings. The first-order valence-electron chi connectivity index (χ1n) is 8.91. The van der Waals surface area contributed by atoms with Crippen LogP contribution in [0.4, 0.5) is 11.4 Å². The van der Waals surface area contributed by atoms with E-state index in [4.69, 9.17) is 9.47 Å². The molecular weight excluding hydrogens is 380 g/mol. The van der Waals surface area contributed by atoms with Crippen molar-refractivity contribution in [2.75, 3.05) is 0 Å². The molecule has 0 heterocycles. The molecule has 0 amide bonds. The van der Waals surface area contributed by atoms with Crippen molar-refractivity contribution in [3.05, 3.63) is 92.0 Å². The summed E-state index contributed by atoms with van der Waals surface area (Å²) in [6.07, 6.45) is 4.01. The topological polar surface area (TPSA) is 122 Å². The summed E-state index contributed by atoms with van der Waals surface area (Å²) in [5.41, 5.74) is -0.261. The summed E-state index contributed by atoms with van der Waals surface area (Å²) >= 11 is 0. The third kappa shape index (κ3) is 5.45. The molecule has 0 saturated heterocycles. The van der Waals surface area contributed by atoms with Gasteiger partial charge in [-0.2, -0.15) is 0 Å². The Bertz CT molecular complexity index is 911. The highest BCUT2D eigenvalue weighted by molar-refractivity contribution is 5.91. The molecule has 0 saturated carbocycles. The van der Waals surface area contributed by atoms with Crippen LogP contribution in [0.3, 0.4) is 0 Å². The van der Waals surface area contributed by atoms with Crippen LogP contribution < -0.4 is 0 Å². The number of nitrogens with zero attached hydrogens (tertiary/aromatic N) is 2. The van der Waals surface area contributed by atoms with E-state index in [1.165, 1.54) is 0 Å². The molecule has 0 aromatic heterocycles. The van der Waals surface area contributed by atoms with Gasteiger partial charge in [-0.05, 0) is 24.5 Å². The maximum absolute atomic E-state index is 12.3. The Hall–Kier alpha value is -3.59. The van der Waals surface area contributed by atoms with Gasteiger partial charge in [-0.1, -0.05) is 36.4 Å². The second-order valence-electron chi connectivity index (χ2n) is 6.49. The van der Waals surface area contributed by atoms with Crippen molar-refractivity contribution in [2.24, 2.45) is 0 Å². The van der Waals surface area contributed by atoms with Crippen molar-refractivity contribution < 1.29 is 24.1 Å². The molecule has 9 nitrogen and oxygen atoms in total. The molecule has 150 valence electrons. The number of nitro groups is 2. The van der Waals surface area contributed by atoms with E-state index in [2.05, 4.69) is 0 Å². The van der Waals surface area contributed by atoms with Gasteiger partial charge in [0, 0.05) is 12.1 Å². The van der Waals surface area contributed by atoms with Gasteiger partial charge in [-0.3, -0.25) is 20.2 Å². The largest absolute Gasteiger partial charge is 0.455 e. The number of benzene rings is 2. The van der Waals surface area contributed by atoms with E-state index in [0.29, 0.717) is 19.4 Å². The zero-order valence-electron chi connectivity index (χ0n) is 15.3. The average molecular weight is 398 g/mol. The van der Waals surface area contributed by atoms with Crippen molar-refractivity contribution in [2.45, 2.75) is 31.7 Å². The number of non-ortho nitro benzene ring substituents is 2. The Kier molecular flexibility index (Phi) is 6.30. The van der Waals surface area contributed by atoms with E-state index >= 15 is 0 Å². The summed E-state index contributed by atoms with van der Waals surface area (Å²) in [6, 6.07) is 12.5. The number of ether oxygens (including phenoxy) is 2. The second-order valence-corrected chi connectivity index (χ2v) is 6.49. The molecule has 9 heteroatoms. The number of carbonyl (C=O) groups is 1. The molecule has 0 radical (unpaired) electrons. The highest BCUT2D eigenvalue weighted by atomic mass is 16.6. The first-order chi connectivity index (χ1) is 13.9. The van der Waals surface area contributed by atoms with Crippen LogP contribution in [0, 0.1) is 20.2 Å². The molecule has 2 aromatic rings. The van der Waals surface area contributed by atoms with E-state index in [-0.39, 0.29) is 11.7 Å². The number of esters is 1. The van der Waals surface area contributed by atoms with Crippen LogP contribution in [-0.2, 0) is 16.1 Å². The summed E-state index contributed by atoms with van der Waals surface area (Å²) in [6.45, 7) is 0.470. The number of hydrogen-bond acceptors (Lipinski definition) is 7. The first-order valence-corrected chi connectivity index (χ1v) is 8.91. The zero-order valence-corrected chi connectivity index (χ0v) is 15.3. The van der Waals surface area contributed by atoms with Crippen molar-refractivity contribution in [3.8, 4) is 0 Å². The van der Waals surface area contributed by atoms with Crippen molar-refractivity contribution in [1.82, 2.24) is 0 Å². The maximum atomic E-state index is 12.3. The predicted octanol–water partition coefficient (Wildman–Crippen LogP) is 3.96. The van der Waals surface area contributed by atoms with Gasteiger partial charge in [0.2, 0.25) is 0 Å². The van der Waals surface area contributed by atoms with Gasteiger partial charge < -0.3 is 9.47 Å². The van der Waals surface area contributed by atoms with Crippen molar-refractivity contribution in [1.29, 1.82) is 0 Å². The quantitative estimate of drug-likeness (QED) is 0.299. The Labute approximate surface area is 165 Å². The molecular formula is C20H18N2O7. The normalized spacial score (nSPS) is 18.2. The summed E-state index contributed by atoms with van der Waals surface area (Å²) < 4.78 is 11.1. The molecule has 1 aliphatic rings. The van der Waals surface area contributed by atoms with Crippen LogP contribution in [0.5, 0.6) is 0 Å². The highest BCUT2D eigenvalue weighted by Gasteiger charge is 2.24. The van der Waals surface area contributed by atoms with E-state index in [1.807, 2.05) is 30.3 Å². The SMILES string of the molecule is O=C(O[C@@H]1C=C[C@@H](OCc2ccccc2)CC1)c1cc([N+](=O)[O-])cc([N+](=O)[O-])c1. The van der Waals surface area contributed by atoms with Crippen LogP contribution >= 0.6 is 0 Å². The summed E-state index contributed by atoms with van der Waals surface area (Å²) in [4.78, 5) is 32.6. The van der Waals surface area contributed by atoms with E-state index < -0.39 is 33.3 Å². The van der Waals surface area contributed by atoms with Crippen LogP contribution in [-0.4, -0.2) is 28.0 Å². The summed E-state index contributed by atoms with van der Waals surface area (Å²) in [5, 5.41) is 21.9. The summed E-state index contributed by atoms with van der Waals surface area (Å²) in [7, 11) is 0. The molecule has 0 spiro atoms. The van der Waals surface area contributed by atoms with Crippen LogP contribution in [0.2, 0.25) is 0 Å². The standard InChI is InChI=1S/C20H18N2O7/c23-20(15-10-16(21(24)25)12-17(11-15)22(26)27)29-19-8-6-18(7-9-19)28-13-14-4-2-1-3-5-14/h1-6,8,10-12,18-19H,7,9,13H2/t18-,19-/m1/s1. The molecule has 0 aliphatic heterocycles. The van der Waals surface area contributed by atoms with Crippen LogP contribution in [0.1, 0.15) is 28.8 Å².